The molecule has 0 bridgehead atoms. The lowest BCUT2D eigenvalue weighted by Crippen LogP contribution is -2.52. The molecule has 0 radical (unpaired) electrons. The number of nitrogens with one attached hydrogen (secondary N) is 1. The van der Waals surface area contributed by atoms with Crippen LogP contribution in [0.4, 0.5) is 5.69 Å². The van der Waals surface area contributed by atoms with Gasteiger partial charge < -0.3 is 19.7 Å². The maximum atomic E-state index is 13.6. The Kier molecular flexibility index (Phi) is 10.4. The molecule has 2 aromatic rings. The fraction of sp³-hybridized carbons (Fsp3) is 0.440. The van der Waals surface area contributed by atoms with Crippen LogP contribution in [0.25, 0.3) is 0 Å². The highest BCUT2D eigenvalue weighted by Crippen LogP contribution is 2.32. The van der Waals surface area contributed by atoms with E-state index < -0.39 is 28.5 Å². The number of carbonyl (C=O) groups excluding carboxylic acids is 2. The number of benzene rings is 2. The molecule has 2 rings (SSSR count). The molecular weight excluding hydrogens is 506 g/mol. The molecule has 2 aromatic carbocycles. The standard InChI is InChI=1S/C25H34ClN3O6S/c1-7-17(2)27-25(31)18(3)28(15-19-8-10-20(26)11-9-19)24(30)16-29(36(6,32)33)21-12-13-22(34-4)23(14-21)35-5/h8-14,17-18H,7,15-16H2,1-6H3,(H,27,31)/t17-,18-/m0/s1. The van der Waals surface area contributed by atoms with E-state index in [2.05, 4.69) is 5.32 Å². The zero-order valence-corrected chi connectivity index (χ0v) is 23.0. The first-order valence-corrected chi connectivity index (χ1v) is 13.7. The molecule has 0 aliphatic heterocycles. The Hall–Kier alpha value is -2.98. The highest BCUT2D eigenvalue weighted by atomic mass is 35.5. The maximum Gasteiger partial charge on any atom is 0.244 e. The number of anilines is 1. The zero-order chi connectivity index (χ0) is 27.0. The molecule has 0 unspecified atom stereocenters. The topological polar surface area (TPSA) is 105 Å². The second-order valence-corrected chi connectivity index (χ2v) is 10.8. The number of carbonyl (C=O) groups is 2. The van der Waals surface area contributed by atoms with Gasteiger partial charge in [0.15, 0.2) is 11.5 Å². The van der Waals surface area contributed by atoms with Crippen molar-refractivity contribution in [3.05, 3.63) is 53.1 Å². The second-order valence-electron chi connectivity index (χ2n) is 8.45. The molecule has 9 nitrogen and oxygen atoms in total. The third-order valence-electron chi connectivity index (χ3n) is 5.77. The summed E-state index contributed by atoms with van der Waals surface area (Å²) < 4.78 is 36.9. The first kappa shape index (κ1) is 29.3. The monoisotopic (exact) mass is 539 g/mol. The van der Waals surface area contributed by atoms with Crippen LogP contribution in [0.2, 0.25) is 5.02 Å². The summed E-state index contributed by atoms with van der Waals surface area (Å²) in [5.41, 5.74) is 0.972. The molecule has 0 saturated carbocycles. The number of amides is 2. The lowest BCUT2D eigenvalue weighted by atomic mass is 10.1. The van der Waals surface area contributed by atoms with Crippen molar-refractivity contribution in [3.8, 4) is 11.5 Å². The van der Waals surface area contributed by atoms with Crippen LogP contribution in [0.1, 0.15) is 32.8 Å². The molecule has 11 heteroatoms. The van der Waals surface area contributed by atoms with Crippen molar-refractivity contribution in [2.24, 2.45) is 0 Å². The quantitative estimate of drug-likeness (QED) is 0.443. The molecule has 36 heavy (non-hydrogen) atoms. The van der Waals surface area contributed by atoms with E-state index in [0.29, 0.717) is 16.5 Å². The van der Waals surface area contributed by atoms with E-state index in [-0.39, 0.29) is 24.2 Å². The van der Waals surface area contributed by atoms with Crippen LogP contribution in [0, 0.1) is 0 Å². The maximum absolute atomic E-state index is 13.6. The van der Waals surface area contributed by atoms with Gasteiger partial charge in [-0.3, -0.25) is 13.9 Å². The molecule has 0 heterocycles. The van der Waals surface area contributed by atoms with Crippen LogP contribution < -0.4 is 19.1 Å². The van der Waals surface area contributed by atoms with Gasteiger partial charge >= 0.3 is 0 Å². The van der Waals surface area contributed by atoms with Gasteiger partial charge in [0.2, 0.25) is 21.8 Å². The van der Waals surface area contributed by atoms with Crippen molar-refractivity contribution in [2.75, 3.05) is 31.3 Å². The Morgan fingerprint density at radius 1 is 1.03 bits per heavy atom. The number of sulfonamides is 1. The smallest absolute Gasteiger partial charge is 0.244 e. The lowest BCUT2D eigenvalue weighted by molar-refractivity contribution is -0.139. The number of ether oxygens (including phenoxy) is 2. The summed E-state index contributed by atoms with van der Waals surface area (Å²) in [6, 6.07) is 10.5. The van der Waals surface area contributed by atoms with E-state index in [9.17, 15) is 18.0 Å². The van der Waals surface area contributed by atoms with Crippen molar-refractivity contribution in [2.45, 2.75) is 45.8 Å². The van der Waals surface area contributed by atoms with Gasteiger partial charge in [0.05, 0.1) is 26.2 Å². The van der Waals surface area contributed by atoms with Crippen molar-refractivity contribution in [1.29, 1.82) is 0 Å². The zero-order valence-electron chi connectivity index (χ0n) is 21.4. The van der Waals surface area contributed by atoms with E-state index in [1.165, 1.54) is 31.3 Å². The van der Waals surface area contributed by atoms with E-state index in [4.69, 9.17) is 21.1 Å². The third kappa shape index (κ3) is 7.76. The van der Waals surface area contributed by atoms with Gasteiger partial charge in [-0.1, -0.05) is 30.7 Å². The number of hydrogen-bond donors (Lipinski definition) is 1. The lowest BCUT2D eigenvalue weighted by Gasteiger charge is -2.32. The predicted molar refractivity (Wildman–Crippen MR) is 141 cm³/mol. The highest BCUT2D eigenvalue weighted by Gasteiger charge is 2.30. The number of hydrogen-bond acceptors (Lipinski definition) is 6. The summed E-state index contributed by atoms with van der Waals surface area (Å²) in [7, 11) is -0.965. The first-order chi connectivity index (χ1) is 16.9. The number of halogens is 1. The summed E-state index contributed by atoms with van der Waals surface area (Å²) in [5.74, 6) is -0.142. The van der Waals surface area contributed by atoms with Crippen LogP contribution in [-0.2, 0) is 26.2 Å². The van der Waals surface area contributed by atoms with Gasteiger partial charge in [-0.2, -0.15) is 0 Å². The third-order valence-corrected chi connectivity index (χ3v) is 7.16. The van der Waals surface area contributed by atoms with Crippen molar-refractivity contribution < 1.29 is 27.5 Å². The van der Waals surface area contributed by atoms with Gasteiger partial charge in [-0.15, -0.1) is 0 Å². The minimum Gasteiger partial charge on any atom is -0.493 e. The normalized spacial score (nSPS) is 12.9. The Morgan fingerprint density at radius 3 is 2.17 bits per heavy atom. The molecule has 0 aliphatic rings. The number of methoxy groups -OCH3 is 2. The van der Waals surface area contributed by atoms with Gasteiger partial charge in [0.1, 0.15) is 12.6 Å². The molecule has 0 saturated heterocycles. The summed E-state index contributed by atoms with van der Waals surface area (Å²) in [5, 5.41) is 3.42. The average Bonchev–Trinajstić information content (AvgIpc) is 2.85. The van der Waals surface area contributed by atoms with Crippen molar-refractivity contribution in [3.63, 3.8) is 0 Å². The molecule has 0 fully saturated rings. The Bertz CT molecular complexity index is 1160. The Balaban J connectivity index is 2.43. The van der Waals surface area contributed by atoms with E-state index in [1.807, 2.05) is 13.8 Å². The number of rotatable bonds is 12. The van der Waals surface area contributed by atoms with Crippen LogP contribution in [-0.4, -0.2) is 64.2 Å². The number of nitrogens with zero attached hydrogens (tertiary/aromatic N) is 2. The SMILES string of the molecule is CC[C@H](C)NC(=O)[C@H](C)N(Cc1ccc(Cl)cc1)C(=O)CN(c1ccc(OC)c(OC)c1)S(C)(=O)=O. The molecule has 2 amide bonds. The highest BCUT2D eigenvalue weighted by molar-refractivity contribution is 7.92. The van der Waals surface area contributed by atoms with Crippen LogP contribution in [0.5, 0.6) is 11.5 Å². The van der Waals surface area contributed by atoms with Crippen LogP contribution >= 0.6 is 11.6 Å². The van der Waals surface area contributed by atoms with Gasteiger partial charge in [-0.05, 0) is 50.1 Å². The summed E-state index contributed by atoms with van der Waals surface area (Å²) >= 11 is 5.99. The Morgan fingerprint density at radius 2 is 1.64 bits per heavy atom. The van der Waals surface area contributed by atoms with Crippen LogP contribution in [0.3, 0.4) is 0 Å². The van der Waals surface area contributed by atoms with Crippen molar-refractivity contribution in [1.82, 2.24) is 10.2 Å². The average molecular weight is 540 g/mol. The summed E-state index contributed by atoms with van der Waals surface area (Å²) in [4.78, 5) is 27.9. The van der Waals surface area contributed by atoms with Gasteiger partial charge in [0.25, 0.3) is 0 Å². The van der Waals surface area contributed by atoms with Crippen LogP contribution in [0.15, 0.2) is 42.5 Å². The second kappa shape index (κ2) is 12.8. The molecule has 0 spiro atoms. The summed E-state index contributed by atoms with van der Waals surface area (Å²) in [6.45, 7) is 5.02. The molecular formula is C25H34ClN3O6S. The molecule has 198 valence electrons. The fourth-order valence-corrected chi connectivity index (χ4v) is 4.40. The van der Waals surface area contributed by atoms with Gasteiger partial charge in [0, 0.05) is 23.7 Å². The van der Waals surface area contributed by atoms with Crippen molar-refractivity contribution >= 4 is 39.1 Å². The predicted octanol–water partition coefficient (Wildman–Crippen LogP) is 3.46. The van der Waals surface area contributed by atoms with E-state index in [0.717, 1.165) is 22.5 Å². The minimum absolute atomic E-state index is 0.0771. The van der Waals surface area contributed by atoms with E-state index >= 15 is 0 Å². The minimum atomic E-state index is -3.87. The largest absolute Gasteiger partial charge is 0.493 e. The Labute approximate surface area is 218 Å². The molecule has 0 aliphatic carbocycles. The fourth-order valence-electron chi connectivity index (χ4n) is 3.43. The van der Waals surface area contributed by atoms with Gasteiger partial charge in [-0.25, -0.2) is 8.42 Å². The molecule has 2 atom stereocenters. The first-order valence-electron chi connectivity index (χ1n) is 11.4. The summed E-state index contributed by atoms with van der Waals surface area (Å²) in [6.07, 6.45) is 1.74. The molecule has 1 N–H and O–H groups in total. The van der Waals surface area contributed by atoms with E-state index in [1.54, 1.807) is 37.3 Å². The molecule has 0 aromatic heterocycles.